The van der Waals surface area contributed by atoms with Gasteiger partial charge in [-0.2, -0.15) is 0 Å². The minimum Gasteiger partial charge on any atom is -0.338 e. The molecular weight excluding hydrogens is 294 g/mol. The number of rotatable bonds is 3. The van der Waals surface area contributed by atoms with E-state index in [9.17, 15) is 14.9 Å². The second kappa shape index (κ2) is 6.41. The molecule has 7 heteroatoms. The summed E-state index contributed by atoms with van der Waals surface area (Å²) in [5.74, 6) is 0.510. The third kappa shape index (κ3) is 3.51. The van der Waals surface area contributed by atoms with E-state index < -0.39 is 4.92 Å². The average molecular weight is 312 g/mol. The summed E-state index contributed by atoms with van der Waals surface area (Å²) in [7, 11) is 0. The lowest BCUT2D eigenvalue weighted by molar-refractivity contribution is -0.384. The zero-order valence-corrected chi connectivity index (χ0v) is 12.5. The van der Waals surface area contributed by atoms with Crippen molar-refractivity contribution in [1.82, 2.24) is 4.90 Å². The first-order valence-corrected chi connectivity index (χ1v) is 7.24. The first-order chi connectivity index (χ1) is 9.92. The van der Waals surface area contributed by atoms with Gasteiger partial charge in [0.05, 0.1) is 4.92 Å². The fourth-order valence-corrected chi connectivity index (χ4v) is 2.86. The maximum absolute atomic E-state index is 12.5. The van der Waals surface area contributed by atoms with Crippen LogP contribution in [-0.2, 0) is 0 Å². The quantitative estimate of drug-likeness (QED) is 0.685. The van der Waals surface area contributed by atoms with E-state index in [1.165, 1.54) is 18.2 Å². The third-order valence-electron chi connectivity index (χ3n) is 4.04. The van der Waals surface area contributed by atoms with E-state index in [4.69, 9.17) is 17.3 Å². The van der Waals surface area contributed by atoms with Crippen LogP contribution in [0.5, 0.6) is 0 Å². The van der Waals surface area contributed by atoms with Gasteiger partial charge in [-0.15, -0.1) is 0 Å². The summed E-state index contributed by atoms with van der Waals surface area (Å²) in [5, 5.41) is 11.0. The summed E-state index contributed by atoms with van der Waals surface area (Å²) < 4.78 is 0. The highest BCUT2D eigenvalue weighted by molar-refractivity contribution is 6.31. The Hall–Kier alpha value is -1.66. The van der Waals surface area contributed by atoms with Crippen molar-refractivity contribution in [3.8, 4) is 0 Å². The number of carbonyl (C=O) groups is 1. The number of hydrogen-bond acceptors (Lipinski definition) is 4. The van der Waals surface area contributed by atoms with E-state index in [1.807, 2.05) is 0 Å². The molecule has 2 rings (SSSR count). The lowest BCUT2D eigenvalue weighted by Gasteiger charge is -2.36. The van der Waals surface area contributed by atoms with E-state index in [0.717, 1.165) is 6.42 Å². The molecule has 0 radical (unpaired) electrons. The molecule has 2 N–H and O–H groups in total. The van der Waals surface area contributed by atoms with Crippen LogP contribution in [0.3, 0.4) is 0 Å². The molecule has 1 heterocycles. The topological polar surface area (TPSA) is 89.5 Å². The second-order valence-electron chi connectivity index (χ2n) is 5.47. The van der Waals surface area contributed by atoms with Crippen molar-refractivity contribution in [3.05, 3.63) is 38.9 Å². The smallest absolute Gasteiger partial charge is 0.271 e. The van der Waals surface area contributed by atoms with Crippen LogP contribution in [0, 0.1) is 22.0 Å². The lowest BCUT2D eigenvalue weighted by atomic mass is 9.87. The molecule has 0 saturated carbocycles. The van der Waals surface area contributed by atoms with Crippen molar-refractivity contribution in [2.45, 2.75) is 13.3 Å². The van der Waals surface area contributed by atoms with Gasteiger partial charge in [-0.3, -0.25) is 14.9 Å². The molecule has 1 aromatic carbocycles. The lowest BCUT2D eigenvalue weighted by Crippen LogP contribution is -2.45. The fourth-order valence-electron chi connectivity index (χ4n) is 2.63. The Kier molecular flexibility index (Phi) is 4.80. The van der Waals surface area contributed by atoms with Crippen molar-refractivity contribution in [3.63, 3.8) is 0 Å². The Morgan fingerprint density at radius 1 is 1.52 bits per heavy atom. The number of hydrogen-bond donors (Lipinski definition) is 1. The zero-order valence-electron chi connectivity index (χ0n) is 11.8. The molecule has 2 atom stereocenters. The van der Waals surface area contributed by atoms with Gasteiger partial charge in [0.1, 0.15) is 0 Å². The summed E-state index contributed by atoms with van der Waals surface area (Å²) in [6.07, 6.45) is 0.885. The Labute approximate surface area is 128 Å². The maximum Gasteiger partial charge on any atom is 0.271 e. The highest BCUT2D eigenvalue weighted by Gasteiger charge is 2.29. The van der Waals surface area contributed by atoms with Gasteiger partial charge >= 0.3 is 0 Å². The molecule has 0 bridgehead atoms. The number of piperidine rings is 1. The van der Waals surface area contributed by atoms with Crippen LogP contribution < -0.4 is 5.73 Å². The number of amides is 1. The number of benzene rings is 1. The van der Waals surface area contributed by atoms with E-state index in [2.05, 4.69) is 6.92 Å². The van der Waals surface area contributed by atoms with Crippen LogP contribution in [0.1, 0.15) is 23.7 Å². The molecule has 6 nitrogen and oxygen atoms in total. The zero-order chi connectivity index (χ0) is 15.6. The summed E-state index contributed by atoms with van der Waals surface area (Å²) in [4.78, 5) is 24.5. The van der Waals surface area contributed by atoms with Gasteiger partial charge < -0.3 is 10.6 Å². The molecule has 1 fully saturated rings. The number of nitro benzene ring substituents is 1. The number of non-ortho nitro benzene ring substituents is 1. The number of halogens is 1. The molecule has 114 valence electrons. The summed E-state index contributed by atoms with van der Waals surface area (Å²) in [6, 6.07) is 3.97. The van der Waals surface area contributed by atoms with Crippen LogP contribution in [-0.4, -0.2) is 35.4 Å². The van der Waals surface area contributed by atoms with Gasteiger partial charge in [0.15, 0.2) is 0 Å². The maximum atomic E-state index is 12.5. The normalized spacial score (nSPS) is 22.1. The van der Waals surface area contributed by atoms with E-state index >= 15 is 0 Å². The summed E-state index contributed by atoms with van der Waals surface area (Å²) in [5.41, 5.74) is 5.81. The van der Waals surface area contributed by atoms with Gasteiger partial charge in [0.2, 0.25) is 0 Å². The van der Waals surface area contributed by atoms with Crippen molar-refractivity contribution in [1.29, 1.82) is 0 Å². The second-order valence-corrected chi connectivity index (χ2v) is 5.90. The van der Waals surface area contributed by atoms with Crippen LogP contribution in [0.4, 0.5) is 5.69 Å². The van der Waals surface area contributed by atoms with Crippen molar-refractivity contribution >= 4 is 23.2 Å². The minimum atomic E-state index is -0.552. The summed E-state index contributed by atoms with van der Waals surface area (Å²) >= 11 is 5.86. The molecule has 1 saturated heterocycles. The Morgan fingerprint density at radius 3 is 2.86 bits per heavy atom. The molecule has 1 amide bonds. The third-order valence-corrected chi connectivity index (χ3v) is 4.26. The Morgan fingerprint density at radius 2 is 2.24 bits per heavy atom. The standard InChI is InChI=1S/C14H18ClN3O3/c1-9-2-3-17(8-11(9)7-16)14(19)10-4-12(15)6-13(5-10)18(20)21/h4-6,9,11H,2-3,7-8,16H2,1H3. The average Bonchev–Trinajstić information content (AvgIpc) is 2.46. The predicted molar refractivity (Wildman–Crippen MR) is 80.3 cm³/mol. The molecule has 0 spiro atoms. The number of nitro groups is 1. The molecule has 1 aliphatic rings. The predicted octanol–water partition coefficient (Wildman–Crippen LogP) is 2.31. The van der Waals surface area contributed by atoms with Crippen LogP contribution in [0.15, 0.2) is 18.2 Å². The van der Waals surface area contributed by atoms with E-state index in [0.29, 0.717) is 25.6 Å². The first kappa shape index (κ1) is 15.7. The van der Waals surface area contributed by atoms with Gasteiger partial charge in [0.25, 0.3) is 11.6 Å². The van der Waals surface area contributed by atoms with Crippen molar-refractivity contribution in [2.24, 2.45) is 17.6 Å². The molecule has 21 heavy (non-hydrogen) atoms. The monoisotopic (exact) mass is 311 g/mol. The molecule has 2 unspecified atom stereocenters. The number of likely N-dealkylation sites (tertiary alicyclic amines) is 1. The van der Waals surface area contributed by atoms with E-state index in [-0.39, 0.29) is 28.1 Å². The largest absolute Gasteiger partial charge is 0.338 e. The summed E-state index contributed by atoms with van der Waals surface area (Å²) in [6.45, 7) is 3.87. The number of carbonyl (C=O) groups excluding carboxylic acids is 1. The van der Waals surface area contributed by atoms with Gasteiger partial charge in [0, 0.05) is 35.8 Å². The Balaban J connectivity index is 2.22. The highest BCUT2D eigenvalue weighted by atomic mass is 35.5. The molecule has 0 aliphatic carbocycles. The van der Waals surface area contributed by atoms with Gasteiger partial charge in [-0.05, 0) is 30.9 Å². The fraction of sp³-hybridized carbons (Fsp3) is 0.500. The number of nitrogens with zero attached hydrogens (tertiary/aromatic N) is 2. The van der Waals surface area contributed by atoms with Crippen LogP contribution >= 0.6 is 11.6 Å². The van der Waals surface area contributed by atoms with Crippen LogP contribution in [0.25, 0.3) is 0 Å². The Bertz CT molecular complexity index is 564. The molecule has 1 aromatic rings. The molecule has 1 aliphatic heterocycles. The first-order valence-electron chi connectivity index (χ1n) is 6.86. The number of nitrogens with two attached hydrogens (primary N) is 1. The van der Waals surface area contributed by atoms with Crippen LogP contribution in [0.2, 0.25) is 5.02 Å². The SMILES string of the molecule is CC1CCN(C(=O)c2cc(Cl)cc([N+](=O)[O-])c2)CC1CN. The van der Waals surface area contributed by atoms with E-state index in [1.54, 1.807) is 4.90 Å². The van der Waals surface area contributed by atoms with Gasteiger partial charge in [-0.25, -0.2) is 0 Å². The minimum absolute atomic E-state index is 0.174. The van der Waals surface area contributed by atoms with Crippen molar-refractivity contribution in [2.75, 3.05) is 19.6 Å². The molecule has 0 aromatic heterocycles. The van der Waals surface area contributed by atoms with Crippen molar-refractivity contribution < 1.29 is 9.72 Å². The molecular formula is C14H18ClN3O3. The highest BCUT2D eigenvalue weighted by Crippen LogP contribution is 2.26. The van der Waals surface area contributed by atoms with Gasteiger partial charge in [-0.1, -0.05) is 18.5 Å².